The van der Waals surface area contributed by atoms with Crippen LogP contribution in [0.15, 0.2) is 36.5 Å². The van der Waals surface area contributed by atoms with Crippen molar-refractivity contribution in [1.29, 1.82) is 0 Å². The number of carbonyl (C=O) groups excluding carboxylic acids is 2. The SMILES string of the molecule is Cc1nc2cc(C(=O)N3CCN(C(=O)c4ccc[nH]4)CC3)ccc2n1C. The number of nitrogens with one attached hydrogen (secondary N) is 1. The molecule has 7 nitrogen and oxygen atoms in total. The number of amides is 2. The first-order chi connectivity index (χ1) is 12.5. The second kappa shape index (κ2) is 6.33. The summed E-state index contributed by atoms with van der Waals surface area (Å²) in [7, 11) is 1.96. The molecule has 1 saturated heterocycles. The molecule has 134 valence electrons. The molecule has 0 radical (unpaired) electrons. The molecule has 4 rings (SSSR count). The molecule has 3 aromatic rings. The number of nitrogens with zero attached hydrogens (tertiary/aromatic N) is 4. The van der Waals surface area contributed by atoms with E-state index in [1.807, 2.05) is 42.8 Å². The lowest BCUT2D eigenvalue weighted by molar-refractivity contribution is 0.0533. The highest BCUT2D eigenvalue weighted by molar-refractivity contribution is 5.98. The number of hydrogen-bond donors (Lipinski definition) is 1. The number of fused-ring (bicyclic) bond motifs is 1. The van der Waals surface area contributed by atoms with E-state index in [2.05, 4.69) is 9.97 Å². The largest absolute Gasteiger partial charge is 0.357 e. The molecular weight excluding hydrogens is 330 g/mol. The molecule has 0 aliphatic carbocycles. The van der Waals surface area contributed by atoms with Gasteiger partial charge < -0.3 is 19.4 Å². The maximum Gasteiger partial charge on any atom is 0.270 e. The van der Waals surface area contributed by atoms with Crippen LogP contribution in [0.4, 0.5) is 0 Å². The van der Waals surface area contributed by atoms with E-state index in [0.29, 0.717) is 37.4 Å². The number of benzene rings is 1. The second-order valence-corrected chi connectivity index (χ2v) is 6.59. The molecule has 1 aliphatic rings. The number of rotatable bonds is 2. The third-order valence-corrected chi connectivity index (χ3v) is 5.03. The Morgan fingerprint density at radius 1 is 1.04 bits per heavy atom. The topological polar surface area (TPSA) is 74.2 Å². The van der Waals surface area contributed by atoms with Crippen LogP contribution in [0, 0.1) is 6.92 Å². The summed E-state index contributed by atoms with van der Waals surface area (Å²) < 4.78 is 2.01. The Kier molecular flexibility index (Phi) is 3.99. The van der Waals surface area contributed by atoms with Crippen LogP contribution in [0.5, 0.6) is 0 Å². The number of hydrogen-bond acceptors (Lipinski definition) is 3. The fourth-order valence-corrected chi connectivity index (χ4v) is 3.38. The van der Waals surface area contributed by atoms with Crippen molar-refractivity contribution >= 4 is 22.8 Å². The molecule has 2 aromatic heterocycles. The molecule has 2 amide bonds. The van der Waals surface area contributed by atoms with Crippen molar-refractivity contribution in [1.82, 2.24) is 24.3 Å². The predicted molar refractivity (Wildman–Crippen MR) is 98.1 cm³/mol. The van der Waals surface area contributed by atoms with Gasteiger partial charge in [-0.2, -0.15) is 0 Å². The standard InChI is InChI=1S/C19H21N5O2/c1-13-21-16-12-14(5-6-17(16)22(13)2)18(25)23-8-10-24(11-9-23)19(26)15-4-3-7-20-15/h3-7,12,20H,8-11H2,1-2H3. The van der Waals surface area contributed by atoms with Gasteiger partial charge in [0.1, 0.15) is 11.5 Å². The molecule has 1 fully saturated rings. The lowest BCUT2D eigenvalue weighted by atomic mass is 10.1. The first-order valence-electron chi connectivity index (χ1n) is 8.69. The Labute approximate surface area is 151 Å². The van der Waals surface area contributed by atoms with Crippen molar-refractivity contribution in [2.24, 2.45) is 7.05 Å². The van der Waals surface area contributed by atoms with Crippen LogP contribution < -0.4 is 0 Å². The Morgan fingerprint density at radius 3 is 2.38 bits per heavy atom. The summed E-state index contributed by atoms with van der Waals surface area (Å²) in [4.78, 5) is 36.2. The van der Waals surface area contributed by atoms with Crippen molar-refractivity contribution < 1.29 is 9.59 Å². The van der Waals surface area contributed by atoms with Crippen molar-refractivity contribution in [2.45, 2.75) is 6.92 Å². The quantitative estimate of drug-likeness (QED) is 0.765. The number of aromatic amines is 1. The van der Waals surface area contributed by atoms with Crippen LogP contribution in [-0.2, 0) is 7.05 Å². The van der Waals surface area contributed by atoms with Crippen molar-refractivity contribution in [3.63, 3.8) is 0 Å². The minimum absolute atomic E-state index is 0.0119. The number of H-pyrrole nitrogens is 1. The van der Waals surface area contributed by atoms with Crippen LogP contribution in [-0.4, -0.2) is 62.3 Å². The summed E-state index contributed by atoms with van der Waals surface area (Å²) >= 11 is 0. The van der Waals surface area contributed by atoms with Gasteiger partial charge in [-0.25, -0.2) is 4.98 Å². The molecule has 1 aliphatic heterocycles. The molecule has 26 heavy (non-hydrogen) atoms. The zero-order chi connectivity index (χ0) is 18.3. The van der Waals surface area contributed by atoms with E-state index in [0.717, 1.165) is 16.9 Å². The third kappa shape index (κ3) is 2.75. The Morgan fingerprint density at radius 2 is 1.73 bits per heavy atom. The zero-order valence-corrected chi connectivity index (χ0v) is 14.9. The number of piperazine rings is 1. The summed E-state index contributed by atoms with van der Waals surface area (Å²) in [5.41, 5.74) is 3.07. The molecule has 0 bridgehead atoms. The van der Waals surface area contributed by atoms with E-state index in [4.69, 9.17) is 0 Å². The summed E-state index contributed by atoms with van der Waals surface area (Å²) in [6, 6.07) is 9.21. The maximum absolute atomic E-state index is 12.8. The summed E-state index contributed by atoms with van der Waals surface area (Å²) in [6.45, 7) is 4.08. The maximum atomic E-state index is 12.8. The monoisotopic (exact) mass is 351 g/mol. The van der Waals surface area contributed by atoms with E-state index in [9.17, 15) is 9.59 Å². The van der Waals surface area contributed by atoms with Gasteiger partial charge in [0, 0.05) is 45.0 Å². The van der Waals surface area contributed by atoms with Crippen LogP contribution in [0.2, 0.25) is 0 Å². The average molecular weight is 351 g/mol. The van der Waals surface area contributed by atoms with Gasteiger partial charge in [-0.3, -0.25) is 9.59 Å². The molecule has 0 atom stereocenters. The van der Waals surface area contributed by atoms with E-state index >= 15 is 0 Å². The van der Waals surface area contributed by atoms with Crippen molar-refractivity contribution in [3.05, 3.63) is 53.6 Å². The van der Waals surface area contributed by atoms with E-state index in [1.54, 1.807) is 22.1 Å². The van der Waals surface area contributed by atoms with E-state index in [-0.39, 0.29) is 11.8 Å². The minimum atomic E-state index is -0.0209. The number of carbonyl (C=O) groups is 2. The molecule has 1 aromatic carbocycles. The normalized spacial score (nSPS) is 14.8. The highest BCUT2D eigenvalue weighted by atomic mass is 16.2. The lowest BCUT2D eigenvalue weighted by Gasteiger charge is -2.34. The summed E-state index contributed by atoms with van der Waals surface area (Å²) in [5.74, 6) is 0.885. The Bertz CT molecular complexity index is 965. The number of aryl methyl sites for hydroxylation is 2. The van der Waals surface area contributed by atoms with Gasteiger partial charge in [0.25, 0.3) is 11.8 Å². The van der Waals surface area contributed by atoms with Crippen LogP contribution in [0.1, 0.15) is 26.7 Å². The van der Waals surface area contributed by atoms with Crippen LogP contribution in [0.25, 0.3) is 11.0 Å². The van der Waals surface area contributed by atoms with Gasteiger partial charge in [0.15, 0.2) is 0 Å². The molecule has 0 saturated carbocycles. The zero-order valence-electron chi connectivity index (χ0n) is 14.9. The fraction of sp³-hybridized carbons (Fsp3) is 0.316. The van der Waals surface area contributed by atoms with Crippen LogP contribution >= 0.6 is 0 Å². The molecule has 0 spiro atoms. The van der Waals surface area contributed by atoms with Gasteiger partial charge in [0.2, 0.25) is 0 Å². The van der Waals surface area contributed by atoms with Gasteiger partial charge in [-0.15, -0.1) is 0 Å². The Balaban J connectivity index is 1.46. The van der Waals surface area contributed by atoms with Crippen LogP contribution in [0.3, 0.4) is 0 Å². The second-order valence-electron chi connectivity index (χ2n) is 6.59. The molecule has 1 N–H and O–H groups in total. The predicted octanol–water partition coefficient (Wildman–Crippen LogP) is 1.81. The first-order valence-corrected chi connectivity index (χ1v) is 8.69. The number of imidazole rings is 1. The minimum Gasteiger partial charge on any atom is -0.357 e. The first kappa shape index (κ1) is 16.4. The summed E-state index contributed by atoms with van der Waals surface area (Å²) in [5, 5.41) is 0. The Hall–Kier alpha value is -3.09. The van der Waals surface area contributed by atoms with Crippen molar-refractivity contribution in [2.75, 3.05) is 26.2 Å². The lowest BCUT2D eigenvalue weighted by Crippen LogP contribution is -2.50. The smallest absolute Gasteiger partial charge is 0.270 e. The van der Waals surface area contributed by atoms with E-state index in [1.165, 1.54) is 0 Å². The highest BCUT2D eigenvalue weighted by Gasteiger charge is 2.26. The number of aromatic nitrogens is 3. The summed E-state index contributed by atoms with van der Waals surface area (Å²) in [6.07, 6.45) is 1.74. The van der Waals surface area contributed by atoms with E-state index < -0.39 is 0 Å². The molecule has 3 heterocycles. The fourth-order valence-electron chi connectivity index (χ4n) is 3.38. The molecule has 7 heteroatoms. The van der Waals surface area contributed by atoms with Gasteiger partial charge >= 0.3 is 0 Å². The van der Waals surface area contributed by atoms with Crippen molar-refractivity contribution in [3.8, 4) is 0 Å². The van der Waals surface area contributed by atoms with Gasteiger partial charge in [0.05, 0.1) is 11.0 Å². The van der Waals surface area contributed by atoms with Gasteiger partial charge in [-0.05, 0) is 37.3 Å². The average Bonchev–Trinajstić information content (AvgIpc) is 3.29. The third-order valence-electron chi connectivity index (χ3n) is 5.03. The molecule has 0 unspecified atom stereocenters. The highest BCUT2D eigenvalue weighted by Crippen LogP contribution is 2.18. The van der Waals surface area contributed by atoms with Gasteiger partial charge in [-0.1, -0.05) is 0 Å². The molecular formula is C19H21N5O2.